The first kappa shape index (κ1) is 10.3. The molecule has 0 radical (unpaired) electrons. The molecular weight excluding hydrogens is 186 g/mol. The highest BCUT2D eigenvalue weighted by atomic mass is 35.5. The number of rotatable bonds is 4. The van der Waals surface area contributed by atoms with Crippen molar-refractivity contribution in [1.29, 1.82) is 0 Å². The molecule has 0 atom stereocenters. The molecule has 3 nitrogen and oxygen atoms in total. The minimum Gasteiger partial charge on any atom is -0.354 e. The van der Waals surface area contributed by atoms with Crippen LogP contribution < -0.4 is 5.32 Å². The fraction of sp³-hybridized carbons (Fsp3) is 0.556. The van der Waals surface area contributed by atoms with Crippen molar-refractivity contribution in [2.75, 3.05) is 17.7 Å². The Morgan fingerprint density at radius 1 is 1.31 bits per heavy atom. The van der Waals surface area contributed by atoms with Gasteiger partial charge in [-0.15, -0.1) is 11.6 Å². The zero-order valence-electron chi connectivity index (χ0n) is 7.97. The number of alkyl halides is 1. The quantitative estimate of drug-likeness (QED) is 0.597. The molecular formula is C9H14ClN3. The molecule has 0 saturated heterocycles. The lowest BCUT2D eigenvalue weighted by molar-refractivity contribution is 0.943. The van der Waals surface area contributed by atoms with Crippen LogP contribution in [0.5, 0.6) is 0 Å². The van der Waals surface area contributed by atoms with Gasteiger partial charge in [0.05, 0.1) is 0 Å². The summed E-state index contributed by atoms with van der Waals surface area (Å²) in [5, 5.41) is 3.12. The van der Waals surface area contributed by atoms with Crippen molar-refractivity contribution in [2.24, 2.45) is 0 Å². The fourth-order valence-corrected chi connectivity index (χ4v) is 1.21. The van der Waals surface area contributed by atoms with Crippen LogP contribution in [0, 0.1) is 13.8 Å². The summed E-state index contributed by atoms with van der Waals surface area (Å²) >= 11 is 5.55. The second-order valence-corrected chi connectivity index (χ2v) is 3.32. The predicted molar refractivity (Wildman–Crippen MR) is 55.3 cm³/mol. The van der Waals surface area contributed by atoms with Crippen LogP contribution in [0.25, 0.3) is 0 Å². The molecule has 1 N–H and O–H groups in total. The summed E-state index contributed by atoms with van der Waals surface area (Å²) in [6.45, 7) is 4.75. The first-order valence-corrected chi connectivity index (χ1v) is 4.88. The zero-order valence-corrected chi connectivity index (χ0v) is 8.73. The molecule has 13 heavy (non-hydrogen) atoms. The number of hydrogen-bond acceptors (Lipinski definition) is 3. The molecule has 1 heterocycles. The number of aryl methyl sites for hydroxylation is 2. The average Bonchev–Trinajstić information content (AvgIpc) is 2.03. The molecule has 0 aromatic carbocycles. The van der Waals surface area contributed by atoms with Gasteiger partial charge in [-0.1, -0.05) is 0 Å². The maximum absolute atomic E-state index is 5.55. The van der Waals surface area contributed by atoms with Gasteiger partial charge in [-0.25, -0.2) is 9.97 Å². The lowest BCUT2D eigenvalue weighted by atomic mass is 10.3. The molecule has 1 aromatic rings. The number of halogens is 1. The van der Waals surface area contributed by atoms with E-state index in [9.17, 15) is 0 Å². The van der Waals surface area contributed by atoms with Crippen molar-refractivity contribution in [3.63, 3.8) is 0 Å². The minimum atomic E-state index is 0.664. The van der Waals surface area contributed by atoms with Gasteiger partial charge in [0, 0.05) is 23.8 Å². The van der Waals surface area contributed by atoms with Gasteiger partial charge in [-0.2, -0.15) is 0 Å². The largest absolute Gasteiger partial charge is 0.354 e. The molecule has 0 aliphatic heterocycles. The van der Waals surface area contributed by atoms with Crippen molar-refractivity contribution < 1.29 is 0 Å². The molecule has 0 unspecified atom stereocenters. The predicted octanol–water partition coefficient (Wildman–Crippen LogP) is 2.13. The van der Waals surface area contributed by atoms with Gasteiger partial charge in [0.1, 0.15) is 0 Å². The molecule has 0 bridgehead atoms. The van der Waals surface area contributed by atoms with Gasteiger partial charge in [-0.05, 0) is 26.3 Å². The van der Waals surface area contributed by atoms with E-state index < -0.39 is 0 Å². The minimum absolute atomic E-state index is 0.664. The zero-order chi connectivity index (χ0) is 9.68. The van der Waals surface area contributed by atoms with Crippen LogP contribution >= 0.6 is 11.6 Å². The number of aromatic nitrogens is 2. The summed E-state index contributed by atoms with van der Waals surface area (Å²) < 4.78 is 0. The summed E-state index contributed by atoms with van der Waals surface area (Å²) in [5.41, 5.74) is 1.97. The standard InChI is InChI=1S/C9H14ClN3/c1-7-6-8(2)13-9(12-7)11-5-3-4-10/h6H,3-5H2,1-2H3,(H,11,12,13). The van der Waals surface area contributed by atoms with E-state index in [1.807, 2.05) is 19.9 Å². The van der Waals surface area contributed by atoms with E-state index in [2.05, 4.69) is 15.3 Å². The van der Waals surface area contributed by atoms with Gasteiger partial charge >= 0.3 is 0 Å². The average molecular weight is 200 g/mol. The lowest BCUT2D eigenvalue weighted by Gasteiger charge is -2.04. The summed E-state index contributed by atoms with van der Waals surface area (Å²) in [5.74, 6) is 1.36. The van der Waals surface area contributed by atoms with Crippen LogP contribution in [0.3, 0.4) is 0 Å². The van der Waals surface area contributed by atoms with E-state index in [0.29, 0.717) is 11.8 Å². The van der Waals surface area contributed by atoms with Crippen molar-refractivity contribution in [3.05, 3.63) is 17.5 Å². The van der Waals surface area contributed by atoms with Crippen LogP contribution in [-0.4, -0.2) is 22.4 Å². The summed E-state index contributed by atoms with van der Waals surface area (Å²) in [6, 6.07) is 1.95. The van der Waals surface area contributed by atoms with Gasteiger partial charge < -0.3 is 5.32 Å². The third-order valence-corrected chi connectivity index (χ3v) is 1.84. The third-order valence-electron chi connectivity index (χ3n) is 1.58. The van der Waals surface area contributed by atoms with E-state index in [-0.39, 0.29) is 0 Å². The molecule has 72 valence electrons. The first-order chi connectivity index (χ1) is 6.22. The molecule has 0 aliphatic carbocycles. The smallest absolute Gasteiger partial charge is 0.223 e. The Kier molecular flexibility index (Phi) is 3.96. The third kappa shape index (κ3) is 3.59. The van der Waals surface area contributed by atoms with Crippen LogP contribution in [-0.2, 0) is 0 Å². The van der Waals surface area contributed by atoms with Gasteiger partial charge in [0.25, 0.3) is 0 Å². The second kappa shape index (κ2) is 5.02. The van der Waals surface area contributed by atoms with Crippen molar-refractivity contribution in [3.8, 4) is 0 Å². The maximum atomic E-state index is 5.55. The number of hydrogen-bond donors (Lipinski definition) is 1. The SMILES string of the molecule is Cc1cc(C)nc(NCCCCl)n1. The maximum Gasteiger partial charge on any atom is 0.223 e. The first-order valence-electron chi connectivity index (χ1n) is 4.34. The highest BCUT2D eigenvalue weighted by Crippen LogP contribution is 2.03. The molecule has 0 fully saturated rings. The highest BCUT2D eigenvalue weighted by molar-refractivity contribution is 6.17. The van der Waals surface area contributed by atoms with Crippen LogP contribution in [0.2, 0.25) is 0 Å². The van der Waals surface area contributed by atoms with Gasteiger partial charge in [0.15, 0.2) is 0 Å². The second-order valence-electron chi connectivity index (χ2n) is 2.94. The monoisotopic (exact) mass is 199 g/mol. The summed E-state index contributed by atoms with van der Waals surface area (Å²) in [4.78, 5) is 8.48. The van der Waals surface area contributed by atoms with E-state index in [1.54, 1.807) is 0 Å². The van der Waals surface area contributed by atoms with Gasteiger partial charge in [0.2, 0.25) is 5.95 Å². The van der Waals surface area contributed by atoms with Crippen LogP contribution in [0.1, 0.15) is 17.8 Å². The van der Waals surface area contributed by atoms with Gasteiger partial charge in [-0.3, -0.25) is 0 Å². The molecule has 0 spiro atoms. The van der Waals surface area contributed by atoms with E-state index in [4.69, 9.17) is 11.6 Å². The Balaban J connectivity index is 2.56. The van der Waals surface area contributed by atoms with Crippen LogP contribution in [0.4, 0.5) is 5.95 Å². The molecule has 0 amide bonds. The molecule has 0 saturated carbocycles. The van der Waals surface area contributed by atoms with Crippen LogP contribution in [0.15, 0.2) is 6.07 Å². The number of nitrogens with one attached hydrogen (secondary N) is 1. The van der Waals surface area contributed by atoms with Crippen molar-refractivity contribution in [1.82, 2.24) is 9.97 Å². The Bertz CT molecular complexity index is 255. The van der Waals surface area contributed by atoms with E-state index in [0.717, 1.165) is 24.4 Å². The number of anilines is 1. The fourth-order valence-electron chi connectivity index (χ4n) is 1.07. The summed E-state index contributed by atoms with van der Waals surface area (Å²) in [6.07, 6.45) is 0.928. The topological polar surface area (TPSA) is 37.8 Å². The van der Waals surface area contributed by atoms with Crippen molar-refractivity contribution in [2.45, 2.75) is 20.3 Å². The molecule has 0 aliphatic rings. The molecule has 1 rings (SSSR count). The Morgan fingerprint density at radius 3 is 2.46 bits per heavy atom. The molecule has 1 aromatic heterocycles. The Labute approximate surface area is 83.5 Å². The van der Waals surface area contributed by atoms with E-state index in [1.165, 1.54) is 0 Å². The number of nitrogens with zero attached hydrogens (tertiary/aromatic N) is 2. The highest BCUT2D eigenvalue weighted by Gasteiger charge is 1.97. The normalized spacial score (nSPS) is 10.1. The lowest BCUT2D eigenvalue weighted by Crippen LogP contribution is -2.07. The van der Waals surface area contributed by atoms with Crippen molar-refractivity contribution >= 4 is 17.5 Å². The molecule has 4 heteroatoms. The Hall–Kier alpha value is -0.830. The summed E-state index contributed by atoms with van der Waals surface area (Å²) in [7, 11) is 0. The Morgan fingerprint density at radius 2 is 1.92 bits per heavy atom. The van der Waals surface area contributed by atoms with E-state index >= 15 is 0 Å².